The van der Waals surface area contributed by atoms with Gasteiger partial charge in [0.25, 0.3) is 0 Å². The average molecular weight is 274 g/mol. The van der Waals surface area contributed by atoms with Crippen molar-refractivity contribution in [3.05, 3.63) is 42.1 Å². The first-order valence-electron chi connectivity index (χ1n) is 7.85. The summed E-state index contributed by atoms with van der Waals surface area (Å²) in [6, 6.07) is 8.73. The summed E-state index contributed by atoms with van der Waals surface area (Å²) in [5, 5.41) is 3.56. The first kappa shape index (κ1) is 16.6. The van der Waals surface area contributed by atoms with Gasteiger partial charge in [-0.3, -0.25) is 0 Å². The van der Waals surface area contributed by atoms with Crippen LogP contribution in [0, 0.1) is 11.8 Å². The average Bonchev–Trinajstić information content (AvgIpc) is 2.47. The lowest BCUT2D eigenvalue weighted by molar-refractivity contribution is 0.376. The standard InChI is InChI=1S/C15H23N.C3H7N/c1-3-6-12(2)9-13-10-14-7-4-5-8-15(14)16-11-13;1-2-3-4/h4-5,7-8,12-13,16H,3,6,9-11H2,1-2H3;2-3H,4H2,1H3/b;3-2-. The van der Waals surface area contributed by atoms with Gasteiger partial charge in [0.15, 0.2) is 0 Å². The predicted molar refractivity (Wildman–Crippen MR) is 89.8 cm³/mol. The minimum Gasteiger partial charge on any atom is -0.405 e. The van der Waals surface area contributed by atoms with E-state index in [-0.39, 0.29) is 0 Å². The molecule has 0 aromatic heterocycles. The molecule has 0 radical (unpaired) electrons. The van der Waals surface area contributed by atoms with Crippen LogP contribution in [0.4, 0.5) is 5.69 Å². The Morgan fingerprint density at radius 2 is 2.10 bits per heavy atom. The molecule has 0 amide bonds. The van der Waals surface area contributed by atoms with Gasteiger partial charge in [0, 0.05) is 12.2 Å². The van der Waals surface area contributed by atoms with E-state index in [4.69, 9.17) is 5.73 Å². The van der Waals surface area contributed by atoms with Crippen molar-refractivity contribution in [2.75, 3.05) is 11.9 Å². The number of anilines is 1. The molecule has 0 fully saturated rings. The van der Waals surface area contributed by atoms with Crippen molar-refractivity contribution in [3.8, 4) is 0 Å². The molecule has 1 aliphatic rings. The van der Waals surface area contributed by atoms with E-state index < -0.39 is 0 Å². The Kier molecular flexibility index (Phi) is 7.86. The van der Waals surface area contributed by atoms with Crippen LogP contribution in [0.2, 0.25) is 0 Å². The van der Waals surface area contributed by atoms with Crippen molar-refractivity contribution in [2.45, 2.75) is 46.5 Å². The second-order valence-corrected chi connectivity index (χ2v) is 5.76. The molecule has 112 valence electrons. The van der Waals surface area contributed by atoms with Crippen LogP contribution >= 0.6 is 0 Å². The third-order valence-corrected chi connectivity index (χ3v) is 3.82. The largest absolute Gasteiger partial charge is 0.405 e. The van der Waals surface area contributed by atoms with E-state index in [2.05, 4.69) is 43.4 Å². The molecule has 0 bridgehead atoms. The third kappa shape index (κ3) is 5.68. The molecule has 0 saturated heterocycles. The molecule has 2 rings (SSSR count). The summed E-state index contributed by atoms with van der Waals surface area (Å²) in [6.07, 6.45) is 8.60. The molecule has 1 aromatic rings. The minimum atomic E-state index is 0.830. The predicted octanol–water partition coefficient (Wildman–Crippen LogP) is 4.58. The van der Waals surface area contributed by atoms with Crippen LogP contribution in [0.3, 0.4) is 0 Å². The fraction of sp³-hybridized carbons (Fsp3) is 0.556. The van der Waals surface area contributed by atoms with Crippen molar-refractivity contribution in [3.63, 3.8) is 0 Å². The third-order valence-electron chi connectivity index (χ3n) is 3.82. The van der Waals surface area contributed by atoms with E-state index in [1.807, 2.05) is 6.92 Å². The molecule has 1 heterocycles. The molecule has 0 saturated carbocycles. The maximum atomic E-state index is 4.85. The molecule has 2 atom stereocenters. The van der Waals surface area contributed by atoms with Crippen LogP contribution in [-0.4, -0.2) is 6.54 Å². The van der Waals surface area contributed by atoms with Gasteiger partial charge in [-0.05, 0) is 49.4 Å². The highest BCUT2D eigenvalue weighted by Gasteiger charge is 2.19. The number of hydrogen-bond donors (Lipinski definition) is 2. The first-order valence-corrected chi connectivity index (χ1v) is 7.85. The monoisotopic (exact) mass is 274 g/mol. The number of rotatable bonds is 4. The van der Waals surface area contributed by atoms with Gasteiger partial charge in [0.2, 0.25) is 0 Å². The number of nitrogens with one attached hydrogen (secondary N) is 1. The number of nitrogens with two attached hydrogens (primary N) is 1. The molecular weight excluding hydrogens is 244 g/mol. The van der Waals surface area contributed by atoms with Crippen LogP contribution in [0.1, 0.15) is 45.6 Å². The van der Waals surface area contributed by atoms with Gasteiger partial charge in [0.05, 0.1) is 0 Å². The SMILES string of the molecule is C/C=C\N.CCCC(C)CC1CNc2ccccc2C1. The summed E-state index contributed by atoms with van der Waals surface area (Å²) in [5.41, 5.74) is 7.70. The Hall–Kier alpha value is -1.44. The van der Waals surface area contributed by atoms with Gasteiger partial charge in [-0.2, -0.15) is 0 Å². The number of hydrogen-bond acceptors (Lipinski definition) is 2. The fourth-order valence-corrected chi connectivity index (χ4v) is 2.85. The van der Waals surface area contributed by atoms with Crippen molar-refractivity contribution in [1.82, 2.24) is 0 Å². The van der Waals surface area contributed by atoms with Crippen LogP contribution in [0.5, 0.6) is 0 Å². The van der Waals surface area contributed by atoms with E-state index in [1.165, 1.54) is 43.1 Å². The van der Waals surface area contributed by atoms with Gasteiger partial charge in [-0.25, -0.2) is 0 Å². The Bertz CT molecular complexity index is 394. The molecule has 2 nitrogen and oxygen atoms in total. The number of allylic oxidation sites excluding steroid dienone is 1. The summed E-state index contributed by atoms with van der Waals surface area (Å²) in [4.78, 5) is 0. The number of para-hydroxylation sites is 1. The second kappa shape index (κ2) is 9.46. The smallest absolute Gasteiger partial charge is 0.0372 e. The molecule has 2 heteroatoms. The summed E-state index contributed by atoms with van der Waals surface area (Å²) in [6.45, 7) is 7.71. The number of benzene rings is 1. The lowest BCUT2D eigenvalue weighted by Crippen LogP contribution is -2.24. The van der Waals surface area contributed by atoms with Crippen molar-refractivity contribution >= 4 is 5.69 Å². The summed E-state index contributed by atoms with van der Waals surface area (Å²) in [5.74, 6) is 1.71. The summed E-state index contributed by atoms with van der Waals surface area (Å²) in [7, 11) is 0. The van der Waals surface area contributed by atoms with Crippen LogP contribution in [0.25, 0.3) is 0 Å². The van der Waals surface area contributed by atoms with Crippen molar-refractivity contribution in [2.24, 2.45) is 17.6 Å². The maximum Gasteiger partial charge on any atom is 0.0372 e. The lowest BCUT2D eigenvalue weighted by atomic mass is 9.85. The zero-order valence-electron chi connectivity index (χ0n) is 13.2. The van der Waals surface area contributed by atoms with Crippen LogP contribution in [-0.2, 0) is 6.42 Å². The van der Waals surface area contributed by atoms with E-state index in [1.54, 1.807) is 6.08 Å². The molecular formula is C18H30N2. The highest BCUT2D eigenvalue weighted by Crippen LogP contribution is 2.28. The second-order valence-electron chi connectivity index (χ2n) is 5.76. The van der Waals surface area contributed by atoms with E-state index in [9.17, 15) is 0 Å². The fourth-order valence-electron chi connectivity index (χ4n) is 2.85. The van der Waals surface area contributed by atoms with E-state index in [0.717, 1.165) is 18.4 Å². The topological polar surface area (TPSA) is 38.0 Å². The molecule has 1 aliphatic heterocycles. The normalized spacial score (nSPS) is 18.6. The first-order chi connectivity index (χ1) is 9.71. The zero-order chi connectivity index (χ0) is 14.8. The Balaban J connectivity index is 0.000000444. The summed E-state index contributed by atoms with van der Waals surface area (Å²) < 4.78 is 0. The van der Waals surface area contributed by atoms with E-state index >= 15 is 0 Å². The summed E-state index contributed by atoms with van der Waals surface area (Å²) >= 11 is 0. The van der Waals surface area contributed by atoms with E-state index in [0.29, 0.717) is 0 Å². The maximum absolute atomic E-state index is 4.85. The van der Waals surface area contributed by atoms with Crippen molar-refractivity contribution < 1.29 is 0 Å². The zero-order valence-corrected chi connectivity index (χ0v) is 13.2. The Labute approximate surface area is 124 Å². The molecule has 2 unspecified atom stereocenters. The highest BCUT2D eigenvalue weighted by molar-refractivity contribution is 5.53. The van der Waals surface area contributed by atoms with Gasteiger partial charge < -0.3 is 11.1 Å². The highest BCUT2D eigenvalue weighted by atomic mass is 14.9. The van der Waals surface area contributed by atoms with Crippen LogP contribution in [0.15, 0.2) is 36.5 Å². The quantitative estimate of drug-likeness (QED) is 0.843. The number of fused-ring (bicyclic) bond motifs is 1. The van der Waals surface area contributed by atoms with Gasteiger partial charge in [0.1, 0.15) is 0 Å². The Morgan fingerprint density at radius 3 is 2.75 bits per heavy atom. The van der Waals surface area contributed by atoms with Gasteiger partial charge in [-0.15, -0.1) is 0 Å². The van der Waals surface area contributed by atoms with Crippen LogP contribution < -0.4 is 11.1 Å². The molecule has 0 spiro atoms. The molecule has 0 aliphatic carbocycles. The lowest BCUT2D eigenvalue weighted by Gasteiger charge is -2.28. The molecule has 20 heavy (non-hydrogen) atoms. The molecule has 1 aromatic carbocycles. The minimum absolute atomic E-state index is 0.830. The Morgan fingerprint density at radius 1 is 1.40 bits per heavy atom. The van der Waals surface area contributed by atoms with Gasteiger partial charge >= 0.3 is 0 Å². The van der Waals surface area contributed by atoms with Crippen molar-refractivity contribution in [1.29, 1.82) is 0 Å². The van der Waals surface area contributed by atoms with Gasteiger partial charge in [-0.1, -0.05) is 51.0 Å². The molecule has 3 N–H and O–H groups in total.